The molecule has 0 heterocycles. The molecule has 0 unspecified atom stereocenters. The van der Waals surface area contributed by atoms with Crippen LogP contribution in [0.1, 0.15) is 0 Å². The highest BCUT2D eigenvalue weighted by Crippen LogP contribution is 1.74. The molecule has 0 atom stereocenters. The van der Waals surface area contributed by atoms with Gasteiger partial charge in [-0.1, -0.05) is 6.08 Å². The van der Waals surface area contributed by atoms with E-state index in [2.05, 4.69) is 22.5 Å². The highest BCUT2D eigenvalue weighted by Gasteiger charge is 2.02. The molecule has 0 rings (SSSR count). The Labute approximate surface area is 96.1 Å². The second-order valence-electron chi connectivity index (χ2n) is 3.40. The fraction of sp³-hybridized carbons (Fsp3) is 0.600. The molecule has 6 heteroatoms. The molecule has 0 aliphatic heterocycles. The summed E-state index contributed by atoms with van der Waals surface area (Å²) >= 11 is 0. The molecule has 0 saturated carbocycles. The van der Waals surface area contributed by atoms with Gasteiger partial charge in [-0.2, -0.15) is 0 Å². The summed E-state index contributed by atoms with van der Waals surface area (Å²) in [5.41, 5.74) is 0. The minimum atomic E-state index is -0.168. The average Bonchev–Trinajstić information content (AvgIpc) is 2.24. The Bertz CT molecular complexity index is 241. The van der Waals surface area contributed by atoms with E-state index in [9.17, 15) is 9.59 Å². The Kier molecular flexibility index (Phi) is 7.87. The van der Waals surface area contributed by atoms with Crippen molar-refractivity contribution >= 4 is 11.9 Å². The monoisotopic (exact) mass is 228 g/mol. The van der Waals surface area contributed by atoms with E-state index in [1.165, 1.54) is 4.90 Å². The lowest BCUT2D eigenvalue weighted by Gasteiger charge is -2.12. The Hall–Kier alpha value is -1.56. The summed E-state index contributed by atoms with van der Waals surface area (Å²) in [6.07, 6.45) is 1.69. The Morgan fingerprint density at radius 2 is 1.88 bits per heavy atom. The number of amides is 3. The zero-order valence-corrected chi connectivity index (χ0v) is 9.88. The number of nitrogens with one attached hydrogen (secondary N) is 3. The quantitative estimate of drug-likeness (QED) is 0.392. The molecule has 0 spiro atoms. The summed E-state index contributed by atoms with van der Waals surface area (Å²) < 4.78 is 0. The lowest BCUT2D eigenvalue weighted by molar-refractivity contribution is -0.120. The van der Waals surface area contributed by atoms with Gasteiger partial charge in [0.05, 0.1) is 6.54 Å². The van der Waals surface area contributed by atoms with E-state index in [0.717, 1.165) is 0 Å². The fourth-order valence-electron chi connectivity index (χ4n) is 0.880. The summed E-state index contributed by atoms with van der Waals surface area (Å²) in [7, 11) is 3.32. The van der Waals surface area contributed by atoms with E-state index in [1.54, 1.807) is 20.2 Å². The number of carbonyl (C=O) groups excluding carboxylic acids is 2. The molecule has 3 amide bonds. The largest absolute Gasteiger partial charge is 0.353 e. The molecule has 92 valence electrons. The van der Waals surface area contributed by atoms with Crippen molar-refractivity contribution in [3.8, 4) is 0 Å². The van der Waals surface area contributed by atoms with Gasteiger partial charge in [0, 0.05) is 33.7 Å². The Morgan fingerprint density at radius 3 is 2.44 bits per heavy atom. The highest BCUT2D eigenvalue weighted by molar-refractivity contribution is 5.78. The van der Waals surface area contributed by atoms with Crippen molar-refractivity contribution in [2.24, 2.45) is 0 Å². The first-order valence-corrected chi connectivity index (χ1v) is 5.11. The zero-order chi connectivity index (χ0) is 12.4. The van der Waals surface area contributed by atoms with Gasteiger partial charge >= 0.3 is 6.03 Å². The van der Waals surface area contributed by atoms with Gasteiger partial charge in [0.25, 0.3) is 0 Å². The van der Waals surface area contributed by atoms with E-state index < -0.39 is 0 Å². The Balaban J connectivity index is 3.40. The van der Waals surface area contributed by atoms with Gasteiger partial charge in [0.15, 0.2) is 0 Å². The lowest BCUT2D eigenvalue weighted by Crippen LogP contribution is -2.41. The molecule has 6 nitrogen and oxygen atoms in total. The van der Waals surface area contributed by atoms with Crippen molar-refractivity contribution in [2.45, 2.75) is 0 Å². The summed E-state index contributed by atoms with van der Waals surface area (Å²) in [5.74, 6) is -0.0963. The molecule has 0 aromatic carbocycles. The minimum Gasteiger partial charge on any atom is -0.353 e. The smallest absolute Gasteiger partial charge is 0.316 e. The lowest BCUT2D eigenvalue weighted by atomic mass is 10.5. The van der Waals surface area contributed by atoms with Crippen LogP contribution in [0.15, 0.2) is 12.7 Å². The van der Waals surface area contributed by atoms with Crippen LogP contribution in [0.25, 0.3) is 0 Å². The molecular weight excluding hydrogens is 208 g/mol. The van der Waals surface area contributed by atoms with Crippen LogP contribution >= 0.6 is 0 Å². The maximum atomic E-state index is 11.2. The van der Waals surface area contributed by atoms with Gasteiger partial charge in [-0.25, -0.2) is 4.79 Å². The SMILES string of the molecule is C=CCNCC(=O)NCCNC(=O)N(C)C. The summed E-state index contributed by atoms with van der Waals surface area (Å²) in [6.45, 7) is 5.23. The fourth-order valence-corrected chi connectivity index (χ4v) is 0.880. The molecule has 16 heavy (non-hydrogen) atoms. The van der Waals surface area contributed by atoms with Gasteiger partial charge in [-0.15, -0.1) is 6.58 Å². The summed E-state index contributed by atoms with van der Waals surface area (Å²) in [5, 5.41) is 8.18. The van der Waals surface area contributed by atoms with Crippen molar-refractivity contribution in [1.29, 1.82) is 0 Å². The maximum Gasteiger partial charge on any atom is 0.316 e. The molecule has 3 N–H and O–H groups in total. The molecule has 0 saturated heterocycles. The minimum absolute atomic E-state index is 0.0963. The van der Waals surface area contributed by atoms with E-state index in [1.807, 2.05) is 0 Å². The van der Waals surface area contributed by atoms with Crippen LogP contribution in [-0.2, 0) is 4.79 Å². The van der Waals surface area contributed by atoms with Crippen LogP contribution < -0.4 is 16.0 Å². The van der Waals surface area contributed by atoms with Crippen LogP contribution in [0.5, 0.6) is 0 Å². The standard InChI is InChI=1S/C10H20N4O2/c1-4-5-11-8-9(15)12-6-7-13-10(16)14(2)3/h4,11H,1,5-8H2,2-3H3,(H,12,15)(H,13,16). The molecule has 0 aromatic rings. The third-order valence-electron chi connectivity index (χ3n) is 1.70. The van der Waals surface area contributed by atoms with Crippen LogP contribution in [0.3, 0.4) is 0 Å². The van der Waals surface area contributed by atoms with E-state index in [4.69, 9.17) is 0 Å². The molecule has 0 bridgehead atoms. The van der Waals surface area contributed by atoms with E-state index >= 15 is 0 Å². The van der Waals surface area contributed by atoms with Crippen molar-refractivity contribution in [3.05, 3.63) is 12.7 Å². The number of carbonyl (C=O) groups is 2. The first-order valence-electron chi connectivity index (χ1n) is 5.11. The predicted molar refractivity (Wildman–Crippen MR) is 63.2 cm³/mol. The Morgan fingerprint density at radius 1 is 1.25 bits per heavy atom. The third-order valence-corrected chi connectivity index (χ3v) is 1.70. The van der Waals surface area contributed by atoms with E-state index in [-0.39, 0.29) is 18.5 Å². The summed E-state index contributed by atoms with van der Waals surface area (Å²) in [4.78, 5) is 23.7. The highest BCUT2D eigenvalue weighted by atomic mass is 16.2. The normalized spacial score (nSPS) is 9.38. The number of rotatable bonds is 7. The number of hydrogen-bond acceptors (Lipinski definition) is 3. The van der Waals surface area contributed by atoms with Gasteiger partial charge in [-0.3, -0.25) is 4.79 Å². The van der Waals surface area contributed by atoms with Crippen LogP contribution in [-0.4, -0.2) is 57.1 Å². The second kappa shape index (κ2) is 8.72. The van der Waals surface area contributed by atoms with Gasteiger partial charge < -0.3 is 20.9 Å². The van der Waals surface area contributed by atoms with Crippen LogP contribution in [0, 0.1) is 0 Å². The molecular formula is C10H20N4O2. The van der Waals surface area contributed by atoms with Crippen molar-refractivity contribution in [2.75, 3.05) is 40.3 Å². The number of nitrogens with zero attached hydrogens (tertiary/aromatic N) is 1. The van der Waals surface area contributed by atoms with Gasteiger partial charge in [-0.05, 0) is 0 Å². The van der Waals surface area contributed by atoms with Crippen molar-refractivity contribution in [1.82, 2.24) is 20.9 Å². The van der Waals surface area contributed by atoms with Crippen molar-refractivity contribution < 1.29 is 9.59 Å². The third kappa shape index (κ3) is 7.81. The molecule has 0 aromatic heterocycles. The summed E-state index contributed by atoms with van der Waals surface area (Å²) in [6, 6.07) is -0.168. The number of hydrogen-bond donors (Lipinski definition) is 3. The zero-order valence-electron chi connectivity index (χ0n) is 9.88. The predicted octanol–water partition coefficient (Wildman–Crippen LogP) is -0.851. The van der Waals surface area contributed by atoms with Gasteiger partial charge in [0.2, 0.25) is 5.91 Å². The average molecular weight is 228 g/mol. The topological polar surface area (TPSA) is 73.5 Å². The van der Waals surface area contributed by atoms with Crippen molar-refractivity contribution in [3.63, 3.8) is 0 Å². The van der Waals surface area contributed by atoms with Crippen LogP contribution in [0.4, 0.5) is 4.79 Å². The van der Waals surface area contributed by atoms with Crippen LogP contribution in [0.2, 0.25) is 0 Å². The van der Waals surface area contributed by atoms with E-state index in [0.29, 0.717) is 19.6 Å². The molecule has 0 aliphatic carbocycles. The molecule has 0 radical (unpaired) electrons. The first kappa shape index (κ1) is 14.4. The number of urea groups is 1. The second-order valence-corrected chi connectivity index (χ2v) is 3.40. The maximum absolute atomic E-state index is 11.2. The molecule has 0 aliphatic rings. The first-order chi connectivity index (χ1) is 7.57. The molecule has 0 fully saturated rings. The van der Waals surface area contributed by atoms with Gasteiger partial charge in [0.1, 0.15) is 0 Å².